The van der Waals surface area contributed by atoms with E-state index < -0.39 is 5.97 Å². The molecular formula is C20H28N2O3. The second-order valence-electron chi connectivity index (χ2n) is 7.64. The van der Waals surface area contributed by atoms with Crippen LogP contribution in [-0.4, -0.2) is 41.5 Å². The molecule has 0 spiro atoms. The molecule has 3 rings (SSSR count). The zero-order valence-corrected chi connectivity index (χ0v) is 15.1. The van der Waals surface area contributed by atoms with Crippen molar-refractivity contribution in [1.82, 2.24) is 10.2 Å². The van der Waals surface area contributed by atoms with Crippen molar-refractivity contribution in [3.05, 3.63) is 34.9 Å². The van der Waals surface area contributed by atoms with Gasteiger partial charge in [-0.15, -0.1) is 0 Å². The van der Waals surface area contributed by atoms with Crippen molar-refractivity contribution < 1.29 is 14.7 Å². The third-order valence-corrected chi connectivity index (χ3v) is 5.62. The lowest BCUT2D eigenvalue weighted by Crippen LogP contribution is -2.37. The van der Waals surface area contributed by atoms with E-state index in [4.69, 9.17) is 0 Å². The number of rotatable bonds is 5. The van der Waals surface area contributed by atoms with Crippen molar-refractivity contribution in [2.24, 2.45) is 11.8 Å². The van der Waals surface area contributed by atoms with E-state index in [0.717, 1.165) is 18.4 Å². The van der Waals surface area contributed by atoms with Gasteiger partial charge in [-0.25, -0.2) is 0 Å². The molecule has 1 aromatic carbocycles. The van der Waals surface area contributed by atoms with Gasteiger partial charge in [-0.1, -0.05) is 25.1 Å². The molecule has 1 aliphatic heterocycles. The molecule has 0 saturated carbocycles. The summed E-state index contributed by atoms with van der Waals surface area (Å²) >= 11 is 0. The largest absolute Gasteiger partial charge is 0.481 e. The first-order valence-electron chi connectivity index (χ1n) is 9.30. The highest BCUT2D eigenvalue weighted by molar-refractivity contribution is 5.79. The van der Waals surface area contributed by atoms with E-state index in [2.05, 4.69) is 23.5 Å². The second kappa shape index (κ2) is 7.56. The van der Waals surface area contributed by atoms with E-state index in [1.165, 1.54) is 24.0 Å². The molecule has 5 heteroatoms. The van der Waals surface area contributed by atoms with Gasteiger partial charge in [0.05, 0.1) is 18.5 Å². The molecule has 1 aromatic rings. The van der Waals surface area contributed by atoms with Gasteiger partial charge in [-0.3, -0.25) is 14.5 Å². The number of amides is 1. The Labute approximate surface area is 149 Å². The highest BCUT2D eigenvalue weighted by atomic mass is 16.4. The molecule has 5 nitrogen and oxygen atoms in total. The molecular weight excluding hydrogens is 316 g/mol. The van der Waals surface area contributed by atoms with Gasteiger partial charge >= 0.3 is 5.97 Å². The van der Waals surface area contributed by atoms with Crippen LogP contribution in [0.15, 0.2) is 18.2 Å². The third-order valence-electron chi connectivity index (χ3n) is 5.62. The molecule has 1 unspecified atom stereocenters. The number of aryl methyl sites for hydroxylation is 2. The smallest absolute Gasteiger partial charge is 0.308 e. The van der Waals surface area contributed by atoms with Crippen LogP contribution in [0.2, 0.25) is 0 Å². The average Bonchev–Trinajstić information content (AvgIpc) is 2.94. The molecule has 0 bridgehead atoms. The van der Waals surface area contributed by atoms with Crippen LogP contribution in [0.1, 0.15) is 49.4 Å². The first-order valence-corrected chi connectivity index (χ1v) is 9.30. The van der Waals surface area contributed by atoms with Gasteiger partial charge in [-0.2, -0.15) is 0 Å². The minimum absolute atomic E-state index is 0.0324. The van der Waals surface area contributed by atoms with Gasteiger partial charge in [0.2, 0.25) is 5.91 Å². The maximum absolute atomic E-state index is 12.4. The highest BCUT2D eigenvalue weighted by Crippen LogP contribution is 2.25. The van der Waals surface area contributed by atoms with Crippen molar-refractivity contribution >= 4 is 11.9 Å². The van der Waals surface area contributed by atoms with Crippen molar-refractivity contribution in [1.29, 1.82) is 0 Å². The molecule has 1 amide bonds. The quantitative estimate of drug-likeness (QED) is 0.860. The number of fused-ring (bicyclic) bond motifs is 1. The van der Waals surface area contributed by atoms with Crippen LogP contribution in [-0.2, 0) is 22.4 Å². The number of likely N-dealkylation sites (tertiary alicyclic amines) is 1. The summed E-state index contributed by atoms with van der Waals surface area (Å²) in [5.41, 5.74) is 4.01. The number of carbonyl (C=O) groups is 2. The summed E-state index contributed by atoms with van der Waals surface area (Å²) in [5.74, 6) is -1.09. The van der Waals surface area contributed by atoms with Crippen molar-refractivity contribution in [3.8, 4) is 0 Å². The Hall–Kier alpha value is -1.88. The van der Waals surface area contributed by atoms with Gasteiger partial charge in [-0.05, 0) is 55.2 Å². The normalized spacial score (nSPS) is 24.6. The number of carboxylic acid groups (broad SMARTS) is 1. The van der Waals surface area contributed by atoms with Crippen LogP contribution in [0.25, 0.3) is 0 Å². The first-order chi connectivity index (χ1) is 11.9. The Morgan fingerprint density at radius 2 is 1.96 bits per heavy atom. The molecule has 2 N–H and O–H groups in total. The Balaban J connectivity index is 1.55. The van der Waals surface area contributed by atoms with Crippen LogP contribution in [0, 0.1) is 11.8 Å². The van der Waals surface area contributed by atoms with Crippen molar-refractivity contribution in [3.63, 3.8) is 0 Å². The van der Waals surface area contributed by atoms with E-state index in [1.807, 2.05) is 18.7 Å². The highest BCUT2D eigenvalue weighted by Gasteiger charge is 2.35. The van der Waals surface area contributed by atoms with Crippen LogP contribution < -0.4 is 5.32 Å². The maximum Gasteiger partial charge on any atom is 0.308 e. The standard InChI is InChI=1S/C20H28N2O3/c1-13-10-22(11-18(13)20(24)25)12-19(23)21-14(2)16-8-7-15-5-3-4-6-17(15)9-16/h7-9,13-14,18H,3-6,10-12H2,1-2H3,(H,21,23)(H,24,25)/t13-,14?,18-/m1/s1. The van der Waals surface area contributed by atoms with E-state index in [0.29, 0.717) is 13.1 Å². The molecule has 0 radical (unpaired) electrons. The minimum Gasteiger partial charge on any atom is -0.481 e. The topological polar surface area (TPSA) is 69.6 Å². The number of hydrogen-bond donors (Lipinski definition) is 2. The summed E-state index contributed by atoms with van der Waals surface area (Å²) in [5, 5.41) is 12.3. The van der Waals surface area contributed by atoms with Gasteiger partial charge in [0.25, 0.3) is 0 Å². The van der Waals surface area contributed by atoms with Crippen LogP contribution in [0.3, 0.4) is 0 Å². The fourth-order valence-corrected chi connectivity index (χ4v) is 4.11. The number of carbonyl (C=O) groups excluding carboxylic acids is 1. The van der Waals surface area contributed by atoms with E-state index in [1.54, 1.807) is 0 Å². The summed E-state index contributed by atoms with van der Waals surface area (Å²) in [6.07, 6.45) is 4.81. The fourth-order valence-electron chi connectivity index (χ4n) is 4.11. The summed E-state index contributed by atoms with van der Waals surface area (Å²) in [6.45, 7) is 5.33. The molecule has 1 fully saturated rings. The van der Waals surface area contributed by atoms with Gasteiger partial charge < -0.3 is 10.4 Å². The second-order valence-corrected chi connectivity index (χ2v) is 7.64. The SMILES string of the molecule is CC(NC(=O)CN1C[C@@H](C)[C@H](C(=O)O)C1)c1ccc2c(c1)CCCC2. The summed E-state index contributed by atoms with van der Waals surface area (Å²) in [6, 6.07) is 6.52. The van der Waals surface area contributed by atoms with E-state index >= 15 is 0 Å². The lowest BCUT2D eigenvalue weighted by atomic mass is 9.89. The van der Waals surface area contributed by atoms with Crippen LogP contribution in [0.4, 0.5) is 0 Å². The lowest BCUT2D eigenvalue weighted by Gasteiger charge is -2.21. The van der Waals surface area contributed by atoms with E-state index in [9.17, 15) is 14.7 Å². The monoisotopic (exact) mass is 344 g/mol. The number of nitrogens with zero attached hydrogens (tertiary/aromatic N) is 1. The van der Waals surface area contributed by atoms with Gasteiger partial charge in [0, 0.05) is 13.1 Å². The summed E-state index contributed by atoms with van der Waals surface area (Å²) in [4.78, 5) is 25.5. The minimum atomic E-state index is -0.766. The molecule has 1 aliphatic carbocycles. The Morgan fingerprint density at radius 3 is 2.64 bits per heavy atom. The van der Waals surface area contributed by atoms with E-state index in [-0.39, 0.29) is 30.3 Å². The number of aliphatic carboxylic acids is 1. The van der Waals surface area contributed by atoms with Crippen LogP contribution >= 0.6 is 0 Å². The number of carboxylic acids is 1. The zero-order valence-electron chi connectivity index (χ0n) is 15.1. The predicted molar refractivity (Wildman–Crippen MR) is 96.4 cm³/mol. The first kappa shape index (κ1) is 17.9. The predicted octanol–water partition coefficient (Wildman–Crippen LogP) is 2.40. The number of hydrogen-bond acceptors (Lipinski definition) is 3. The Bertz CT molecular complexity index is 658. The zero-order chi connectivity index (χ0) is 18.0. The average molecular weight is 344 g/mol. The molecule has 1 heterocycles. The van der Waals surface area contributed by atoms with Crippen molar-refractivity contribution in [2.75, 3.05) is 19.6 Å². The molecule has 136 valence electrons. The Kier molecular flexibility index (Phi) is 5.42. The molecule has 2 aliphatic rings. The number of nitrogens with one attached hydrogen (secondary N) is 1. The van der Waals surface area contributed by atoms with Crippen molar-refractivity contribution in [2.45, 2.75) is 45.6 Å². The molecule has 3 atom stereocenters. The molecule has 0 aromatic heterocycles. The molecule has 25 heavy (non-hydrogen) atoms. The van der Waals surface area contributed by atoms with Crippen LogP contribution in [0.5, 0.6) is 0 Å². The van der Waals surface area contributed by atoms with Gasteiger partial charge in [0.1, 0.15) is 0 Å². The summed E-state index contributed by atoms with van der Waals surface area (Å²) in [7, 11) is 0. The number of benzene rings is 1. The maximum atomic E-state index is 12.4. The Morgan fingerprint density at radius 1 is 1.24 bits per heavy atom. The third kappa shape index (κ3) is 4.21. The van der Waals surface area contributed by atoms with Gasteiger partial charge in [0.15, 0.2) is 0 Å². The lowest BCUT2D eigenvalue weighted by molar-refractivity contribution is -0.142. The fraction of sp³-hybridized carbons (Fsp3) is 0.600. The molecule has 1 saturated heterocycles. The summed E-state index contributed by atoms with van der Waals surface area (Å²) < 4.78 is 0.